The Morgan fingerprint density at radius 1 is 0.889 bits per heavy atom. The minimum atomic E-state index is -1.36. The van der Waals surface area contributed by atoms with Crippen molar-refractivity contribution in [2.75, 3.05) is 11.9 Å². The Bertz CT molecular complexity index is 871. The first-order valence-electron chi connectivity index (χ1n) is 7.47. The Kier molecular flexibility index (Phi) is 5.95. The zero-order chi connectivity index (χ0) is 20.1. The second kappa shape index (κ2) is 8.16. The van der Waals surface area contributed by atoms with Crippen LogP contribution in [0.25, 0.3) is 0 Å². The van der Waals surface area contributed by atoms with Gasteiger partial charge in [-0.05, 0) is 23.8 Å². The molecule has 0 spiro atoms. The molecule has 3 N–H and O–H groups in total. The third-order valence-corrected chi connectivity index (χ3v) is 3.75. The van der Waals surface area contributed by atoms with Gasteiger partial charge in [-0.15, -0.1) is 0 Å². The van der Waals surface area contributed by atoms with Gasteiger partial charge in [0, 0.05) is 18.2 Å². The van der Waals surface area contributed by atoms with Crippen molar-refractivity contribution in [3.8, 4) is 0 Å². The smallest absolute Gasteiger partial charge is 0.299 e. The van der Waals surface area contributed by atoms with E-state index in [0.717, 1.165) is 18.2 Å². The fourth-order valence-corrected chi connectivity index (χ4v) is 2.36. The second-order valence-electron chi connectivity index (χ2n) is 5.44. The van der Waals surface area contributed by atoms with Crippen molar-refractivity contribution < 1.29 is 25.0 Å². The minimum absolute atomic E-state index is 0.134. The van der Waals surface area contributed by atoms with Crippen LogP contribution in [-0.2, 0) is 0 Å². The fourth-order valence-electron chi connectivity index (χ4n) is 2.36. The Morgan fingerprint density at radius 3 is 1.93 bits per heavy atom. The lowest BCUT2D eigenvalue weighted by atomic mass is 10.0. The first-order chi connectivity index (χ1) is 12.7. The maximum absolute atomic E-state index is 11.2. The van der Waals surface area contributed by atoms with Crippen molar-refractivity contribution in [1.29, 1.82) is 0 Å². The number of nitrogens with zero attached hydrogens (tertiary/aromatic N) is 3. The first kappa shape index (κ1) is 19.7. The number of nitro groups is 3. The molecular weight excluding hydrogens is 364 g/mol. The Balaban J connectivity index is 2.29. The van der Waals surface area contributed by atoms with Gasteiger partial charge in [-0.25, -0.2) is 0 Å². The highest BCUT2D eigenvalue weighted by Gasteiger charge is 2.26. The number of hydrogen-bond donors (Lipinski definition) is 3. The van der Waals surface area contributed by atoms with E-state index in [4.69, 9.17) is 0 Å². The highest BCUT2D eigenvalue weighted by Crippen LogP contribution is 2.31. The van der Waals surface area contributed by atoms with Crippen LogP contribution in [0.2, 0.25) is 0 Å². The molecule has 0 aliphatic heterocycles. The zero-order valence-electron chi connectivity index (χ0n) is 13.6. The molecule has 142 valence electrons. The molecule has 0 radical (unpaired) electrons. The monoisotopic (exact) mass is 378 g/mol. The second-order valence-corrected chi connectivity index (χ2v) is 5.44. The van der Waals surface area contributed by atoms with E-state index in [9.17, 15) is 40.6 Å². The van der Waals surface area contributed by atoms with Crippen LogP contribution in [-0.4, -0.2) is 37.6 Å². The summed E-state index contributed by atoms with van der Waals surface area (Å²) in [6, 6.07) is 6.71. The summed E-state index contributed by atoms with van der Waals surface area (Å²) in [4.78, 5) is 30.4. The van der Waals surface area contributed by atoms with E-state index in [2.05, 4.69) is 5.32 Å². The molecule has 0 amide bonds. The summed E-state index contributed by atoms with van der Waals surface area (Å²) >= 11 is 0. The molecule has 0 aromatic heterocycles. The minimum Gasteiger partial charge on any atom is -0.394 e. The molecular formula is C15H14N4O8. The number of benzene rings is 2. The molecule has 0 saturated carbocycles. The predicted molar refractivity (Wildman–Crippen MR) is 92.3 cm³/mol. The largest absolute Gasteiger partial charge is 0.394 e. The molecule has 0 aliphatic carbocycles. The van der Waals surface area contributed by atoms with Gasteiger partial charge in [0.2, 0.25) is 0 Å². The van der Waals surface area contributed by atoms with Crippen molar-refractivity contribution in [1.82, 2.24) is 0 Å². The van der Waals surface area contributed by atoms with E-state index in [-0.39, 0.29) is 16.9 Å². The standard InChI is InChI=1S/C15H14N4O8/c20-8-13(15(21)9-1-3-10(4-2-9)17(22)23)16-12-6-5-11(18(24)25)7-14(12)19(26)27/h1-7,13,15-16,20-21H,8H2/t13-,15-/m0/s1. The van der Waals surface area contributed by atoms with E-state index in [0.29, 0.717) is 0 Å². The molecule has 0 unspecified atom stereocenters. The molecule has 27 heavy (non-hydrogen) atoms. The number of non-ortho nitro benzene ring substituents is 2. The Hall–Kier alpha value is -3.64. The molecule has 2 aromatic carbocycles. The average molecular weight is 378 g/mol. The van der Waals surface area contributed by atoms with Crippen LogP contribution in [0.4, 0.5) is 22.7 Å². The number of rotatable bonds is 8. The van der Waals surface area contributed by atoms with Gasteiger partial charge in [0.05, 0.1) is 33.5 Å². The lowest BCUT2D eigenvalue weighted by Gasteiger charge is -2.23. The van der Waals surface area contributed by atoms with Crippen LogP contribution in [0.1, 0.15) is 11.7 Å². The van der Waals surface area contributed by atoms with Crippen molar-refractivity contribution in [3.05, 3.63) is 78.4 Å². The summed E-state index contributed by atoms with van der Waals surface area (Å²) in [5.74, 6) is 0. The summed E-state index contributed by atoms with van der Waals surface area (Å²) < 4.78 is 0. The van der Waals surface area contributed by atoms with Crippen molar-refractivity contribution in [2.45, 2.75) is 12.1 Å². The third-order valence-electron chi connectivity index (χ3n) is 3.75. The summed E-state index contributed by atoms with van der Waals surface area (Å²) in [7, 11) is 0. The lowest BCUT2D eigenvalue weighted by molar-refractivity contribution is -0.393. The topological polar surface area (TPSA) is 182 Å². The van der Waals surface area contributed by atoms with Crippen molar-refractivity contribution in [2.24, 2.45) is 0 Å². The SMILES string of the molecule is O=[N+]([O-])c1ccc([C@H](O)[C@H](CO)Nc2ccc([N+](=O)[O-])cc2[N+](=O)[O-])cc1. The van der Waals surface area contributed by atoms with E-state index in [1.54, 1.807) is 0 Å². The van der Waals surface area contributed by atoms with Gasteiger partial charge < -0.3 is 15.5 Å². The number of nitro benzene ring substituents is 3. The van der Waals surface area contributed by atoms with Gasteiger partial charge in [-0.1, -0.05) is 0 Å². The van der Waals surface area contributed by atoms with Gasteiger partial charge in [0.15, 0.2) is 0 Å². The van der Waals surface area contributed by atoms with Gasteiger partial charge in [-0.3, -0.25) is 30.3 Å². The Labute approximate surface area is 151 Å². The summed E-state index contributed by atoms with van der Waals surface area (Å²) in [6.45, 7) is -0.633. The number of nitrogens with one attached hydrogen (secondary N) is 1. The molecule has 0 saturated heterocycles. The predicted octanol–water partition coefficient (Wildman–Crippen LogP) is 1.92. The molecule has 12 heteroatoms. The van der Waals surface area contributed by atoms with Crippen LogP contribution in [0.15, 0.2) is 42.5 Å². The molecule has 2 aromatic rings. The van der Waals surface area contributed by atoms with Crippen molar-refractivity contribution in [3.63, 3.8) is 0 Å². The van der Waals surface area contributed by atoms with Crippen LogP contribution >= 0.6 is 0 Å². The summed E-state index contributed by atoms with van der Waals surface area (Å²) in [5.41, 5.74) is -1.17. The third kappa shape index (κ3) is 4.50. The molecule has 2 atom stereocenters. The molecule has 2 rings (SSSR count). The van der Waals surface area contributed by atoms with E-state index < -0.39 is 44.9 Å². The highest BCUT2D eigenvalue weighted by atomic mass is 16.6. The van der Waals surface area contributed by atoms with Crippen LogP contribution < -0.4 is 5.32 Å². The number of aliphatic hydroxyl groups is 2. The van der Waals surface area contributed by atoms with E-state index in [1.165, 1.54) is 24.3 Å². The maximum atomic E-state index is 11.2. The number of anilines is 1. The number of hydrogen-bond acceptors (Lipinski definition) is 9. The van der Waals surface area contributed by atoms with Gasteiger partial charge in [0.25, 0.3) is 17.1 Å². The van der Waals surface area contributed by atoms with Gasteiger partial charge in [-0.2, -0.15) is 0 Å². The Morgan fingerprint density at radius 2 is 1.44 bits per heavy atom. The first-order valence-corrected chi connectivity index (χ1v) is 7.47. The average Bonchev–Trinajstić information content (AvgIpc) is 2.65. The van der Waals surface area contributed by atoms with Crippen molar-refractivity contribution >= 4 is 22.7 Å². The highest BCUT2D eigenvalue weighted by molar-refractivity contribution is 5.65. The quantitative estimate of drug-likeness (QED) is 0.456. The lowest BCUT2D eigenvalue weighted by Crippen LogP contribution is -2.31. The molecule has 0 bridgehead atoms. The zero-order valence-corrected chi connectivity index (χ0v) is 13.6. The van der Waals surface area contributed by atoms with E-state index >= 15 is 0 Å². The molecule has 0 heterocycles. The van der Waals surface area contributed by atoms with E-state index in [1.807, 2.05) is 0 Å². The van der Waals surface area contributed by atoms with Crippen LogP contribution in [0, 0.1) is 30.3 Å². The molecule has 0 fully saturated rings. The van der Waals surface area contributed by atoms with Gasteiger partial charge >= 0.3 is 0 Å². The number of aliphatic hydroxyl groups excluding tert-OH is 2. The molecule has 0 aliphatic rings. The van der Waals surface area contributed by atoms with Crippen LogP contribution in [0.3, 0.4) is 0 Å². The van der Waals surface area contributed by atoms with Gasteiger partial charge in [0.1, 0.15) is 11.8 Å². The van der Waals surface area contributed by atoms with Crippen LogP contribution in [0.5, 0.6) is 0 Å². The maximum Gasteiger partial charge on any atom is 0.299 e. The molecule has 12 nitrogen and oxygen atoms in total. The summed E-state index contributed by atoms with van der Waals surface area (Å²) in [6.07, 6.45) is -1.36. The summed E-state index contributed by atoms with van der Waals surface area (Å²) in [5, 5.41) is 55.1. The fraction of sp³-hybridized carbons (Fsp3) is 0.200. The normalized spacial score (nSPS) is 12.8.